The third-order valence-corrected chi connectivity index (χ3v) is 4.39. The van der Waals surface area contributed by atoms with Crippen LogP contribution in [0.2, 0.25) is 0 Å². The fourth-order valence-electron chi connectivity index (χ4n) is 2.18. The number of nitrogens with one attached hydrogen (secondary N) is 1. The Labute approximate surface area is 111 Å². The second kappa shape index (κ2) is 5.21. The molecule has 2 rings (SSSR count). The summed E-state index contributed by atoms with van der Waals surface area (Å²) in [6.45, 7) is 4.19. The Morgan fingerprint density at radius 1 is 1.53 bits per heavy atom. The van der Waals surface area contributed by atoms with Crippen LogP contribution in [0.4, 0.5) is 0 Å². The zero-order chi connectivity index (χ0) is 12.4. The second-order valence-electron chi connectivity index (χ2n) is 4.80. The number of hydrogen-bond donors (Lipinski definition) is 1. The highest BCUT2D eigenvalue weighted by Gasteiger charge is 2.37. The predicted octanol–water partition coefficient (Wildman–Crippen LogP) is 3.68. The lowest BCUT2D eigenvalue weighted by atomic mass is 10.1. The Kier molecular flexibility index (Phi) is 3.87. The van der Waals surface area contributed by atoms with Gasteiger partial charge in [0.25, 0.3) is 5.91 Å². The van der Waals surface area contributed by atoms with Gasteiger partial charge >= 0.3 is 0 Å². The zero-order valence-corrected chi connectivity index (χ0v) is 11.9. The van der Waals surface area contributed by atoms with Gasteiger partial charge in [0, 0.05) is 10.5 Å². The van der Waals surface area contributed by atoms with E-state index < -0.39 is 0 Å². The molecule has 2 unspecified atom stereocenters. The average Bonchev–Trinajstić information content (AvgIpc) is 3.01. The van der Waals surface area contributed by atoms with Gasteiger partial charge in [-0.1, -0.05) is 25.5 Å². The van der Waals surface area contributed by atoms with Gasteiger partial charge in [0.15, 0.2) is 0 Å². The Bertz CT molecular complexity index is 430. The minimum absolute atomic E-state index is 0.0455. The molecular formula is C14H18BrNO. The van der Waals surface area contributed by atoms with Gasteiger partial charge in [-0.25, -0.2) is 0 Å². The van der Waals surface area contributed by atoms with E-state index in [9.17, 15) is 4.79 Å². The number of halogens is 1. The molecule has 0 bridgehead atoms. The maximum absolute atomic E-state index is 12.1. The molecule has 1 aromatic rings. The Morgan fingerprint density at radius 2 is 2.29 bits per heavy atom. The summed E-state index contributed by atoms with van der Waals surface area (Å²) < 4.78 is 0.908. The summed E-state index contributed by atoms with van der Waals surface area (Å²) in [6.07, 6.45) is 3.56. The molecule has 92 valence electrons. The standard InChI is InChI=1S/C14H18BrNO/c1-3-5-10-8-12(10)16-14(17)11-7-4-6-9(2)13(11)15/h4,6-7,10,12H,3,5,8H2,1-2H3,(H,16,17). The van der Waals surface area contributed by atoms with Crippen LogP contribution in [0.1, 0.15) is 42.1 Å². The fraction of sp³-hybridized carbons (Fsp3) is 0.500. The van der Waals surface area contributed by atoms with E-state index in [0.717, 1.165) is 22.0 Å². The van der Waals surface area contributed by atoms with Crippen LogP contribution in [0.5, 0.6) is 0 Å². The maximum atomic E-state index is 12.1. The number of carbonyl (C=O) groups is 1. The Hall–Kier alpha value is -0.830. The molecule has 0 aliphatic heterocycles. The lowest BCUT2D eigenvalue weighted by molar-refractivity contribution is 0.0948. The molecule has 2 atom stereocenters. The summed E-state index contributed by atoms with van der Waals surface area (Å²) in [5.41, 5.74) is 1.84. The van der Waals surface area contributed by atoms with Crippen LogP contribution >= 0.6 is 15.9 Å². The van der Waals surface area contributed by atoms with Gasteiger partial charge < -0.3 is 5.32 Å². The topological polar surface area (TPSA) is 29.1 Å². The van der Waals surface area contributed by atoms with E-state index in [1.807, 2.05) is 25.1 Å². The number of hydrogen-bond acceptors (Lipinski definition) is 1. The van der Waals surface area contributed by atoms with Crippen LogP contribution < -0.4 is 5.32 Å². The van der Waals surface area contributed by atoms with Gasteiger partial charge in [-0.15, -0.1) is 0 Å². The van der Waals surface area contributed by atoms with Gasteiger partial charge in [0.05, 0.1) is 5.56 Å². The molecular weight excluding hydrogens is 278 g/mol. The Balaban J connectivity index is 1.99. The molecule has 1 fully saturated rings. The lowest BCUT2D eigenvalue weighted by Crippen LogP contribution is -2.27. The minimum Gasteiger partial charge on any atom is -0.349 e. The van der Waals surface area contributed by atoms with Crippen molar-refractivity contribution in [3.8, 4) is 0 Å². The Morgan fingerprint density at radius 3 is 3.00 bits per heavy atom. The quantitative estimate of drug-likeness (QED) is 0.902. The van der Waals surface area contributed by atoms with Crippen LogP contribution in [-0.4, -0.2) is 11.9 Å². The first-order valence-corrected chi connectivity index (χ1v) is 6.98. The average molecular weight is 296 g/mol. The first-order chi connectivity index (χ1) is 8.13. The number of aryl methyl sites for hydroxylation is 1. The molecule has 2 nitrogen and oxygen atoms in total. The predicted molar refractivity (Wildman–Crippen MR) is 73.1 cm³/mol. The van der Waals surface area contributed by atoms with Crippen molar-refractivity contribution in [3.63, 3.8) is 0 Å². The molecule has 0 saturated heterocycles. The van der Waals surface area contributed by atoms with Crippen molar-refractivity contribution in [1.82, 2.24) is 5.32 Å². The van der Waals surface area contributed by atoms with Gasteiger partial charge in [-0.2, -0.15) is 0 Å². The summed E-state index contributed by atoms with van der Waals surface area (Å²) in [5, 5.41) is 3.10. The van der Waals surface area contributed by atoms with E-state index in [2.05, 4.69) is 28.2 Å². The van der Waals surface area contributed by atoms with E-state index in [0.29, 0.717) is 12.0 Å². The third kappa shape index (κ3) is 2.89. The highest BCUT2D eigenvalue weighted by molar-refractivity contribution is 9.10. The highest BCUT2D eigenvalue weighted by atomic mass is 79.9. The van der Waals surface area contributed by atoms with E-state index in [1.54, 1.807) is 0 Å². The van der Waals surface area contributed by atoms with Crippen LogP contribution in [0.15, 0.2) is 22.7 Å². The zero-order valence-electron chi connectivity index (χ0n) is 10.3. The van der Waals surface area contributed by atoms with Crippen LogP contribution in [0.3, 0.4) is 0 Å². The molecule has 0 heterocycles. The number of rotatable bonds is 4. The van der Waals surface area contributed by atoms with E-state index in [-0.39, 0.29) is 5.91 Å². The van der Waals surface area contributed by atoms with Crippen molar-refractivity contribution in [2.24, 2.45) is 5.92 Å². The number of amides is 1. The number of benzene rings is 1. The smallest absolute Gasteiger partial charge is 0.252 e. The molecule has 1 aromatic carbocycles. The van der Waals surface area contributed by atoms with Crippen molar-refractivity contribution < 1.29 is 4.79 Å². The van der Waals surface area contributed by atoms with Crippen LogP contribution in [0, 0.1) is 12.8 Å². The normalized spacial score (nSPS) is 22.3. The van der Waals surface area contributed by atoms with Gasteiger partial charge in [-0.3, -0.25) is 4.79 Å². The van der Waals surface area contributed by atoms with Crippen LogP contribution in [0.25, 0.3) is 0 Å². The summed E-state index contributed by atoms with van der Waals surface area (Å²) >= 11 is 3.48. The summed E-state index contributed by atoms with van der Waals surface area (Å²) in [4.78, 5) is 12.1. The van der Waals surface area contributed by atoms with Gasteiger partial charge in [0.1, 0.15) is 0 Å². The van der Waals surface area contributed by atoms with Crippen molar-refractivity contribution in [3.05, 3.63) is 33.8 Å². The molecule has 0 radical (unpaired) electrons. The summed E-state index contributed by atoms with van der Waals surface area (Å²) in [7, 11) is 0. The fourth-order valence-corrected chi connectivity index (χ4v) is 2.63. The first-order valence-electron chi connectivity index (χ1n) is 6.19. The molecule has 0 spiro atoms. The third-order valence-electron chi connectivity index (χ3n) is 3.33. The maximum Gasteiger partial charge on any atom is 0.252 e. The van der Waals surface area contributed by atoms with Crippen molar-refractivity contribution in [2.75, 3.05) is 0 Å². The monoisotopic (exact) mass is 295 g/mol. The van der Waals surface area contributed by atoms with E-state index in [4.69, 9.17) is 0 Å². The largest absolute Gasteiger partial charge is 0.349 e. The molecule has 3 heteroatoms. The molecule has 17 heavy (non-hydrogen) atoms. The molecule has 1 aliphatic rings. The summed E-state index contributed by atoms with van der Waals surface area (Å²) in [6, 6.07) is 6.18. The second-order valence-corrected chi connectivity index (χ2v) is 5.59. The number of carbonyl (C=O) groups excluding carboxylic acids is 1. The van der Waals surface area contributed by atoms with Crippen molar-refractivity contribution >= 4 is 21.8 Å². The molecule has 0 aromatic heterocycles. The van der Waals surface area contributed by atoms with Gasteiger partial charge in [-0.05, 0) is 53.2 Å². The summed E-state index contributed by atoms with van der Waals surface area (Å²) in [5.74, 6) is 0.747. The van der Waals surface area contributed by atoms with Gasteiger partial charge in [0.2, 0.25) is 0 Å². The SMILES string of the molecule is CCCC1CC1NC(=O)c1cccc(C)c1Br. The van der Waals surface area contributed by atoms with Crippen LogP contribution in [-0.2, 0) is 0 Å². The molecule has 1 aliphatic carbocycles. The highest BCUT2D eigenvalue weighted by Crippen LogP contribution is 2.35. The minimum atomic E-state index is 0.0455. The first kappa shape index (κ1) is 12.6. The molecule has 1 saturated carbocycles. The van der Waals surface area contributed by atoms with Crippen molar-refractivity contribution in [2.45, 2.75) is 39.2 Å². The molecule has 1 N–H and O–H groups in total. The van der Waals surface area contributed by atoms with Crippen molar-refractivity contribution in [1.29, 1.82) is 0 Å². The van der Waals surface area contributed by atoms with E-state index in [1.165, 1.54) is 12.8 Å². The molecule has 1 amide bonds. The van der Waals surface area contributed by atoms with E-state index >= 15 is 0 Å². The lowest BCUT2D eigenvalue weighted by Gasteiger charge is -2.08.